The van der Waals surface area contributed by atoms with Crippen molar-refractivity contribution in [3.05, 3.63) is 11.6 Å². The summed E-state index contributed by atoms with van der Waals surface area (Å²) < 4.78 is 33.1. The smallest absolute Gasteiger partial charge is 0.310 e. The quantitative estimate of drug-likeness (QED) is 0.547. The van der Waals surface area contributed by atoms with Gasteiger partial charge in [-0.15, -0.1) is 0 Å². The molecular formula is C2H2F3O2P. The molecule has 0 aromatic heterocycles. The van der Waals surface area contributed by atoms with Gasteiger partial charge in [0.2, 0.25) is 13.9 Å². The second kappa shape index (κ2) is 3.02. The lowest BCUT2D eigenvalue weighted by molar-refractivity contribution is 0.380. The average molecular weight is 146 g/mol. The number of rotatable bonds is 1. The van der Waals surface area contributed by atoms with Crippen molar-refractivity contribution >= 4 is 8.38 Å². The van der Waals surface area contributed by atoms with Crippen molar-refractivity contribution in [1.29, 1.82) is 0 Å². The fraction of sp³-hybridized carbons (Fsp3) is 0. The Balaban J connectivity index is 4.00. The Morgan fingerprint density at radius 1 is 1.12 bits per heavy atom. The molecule has 0 saturated heterocycles. The fourth-order valence-corrected chi connectivity index (χ4v) is 0.227. The van der Waals surface area contributed by atoms with E-state index in [2.05, 4.69) is 0 Å². The van der Waals surface area contributed by atoms with E-state index in [1.807, 2.05) is 0 Å². The molecule has 0 heterocycles. The van der Waals surface area contributed by atoms with E-state index in [1.54, 1.807) is 0 Å². The normalized spacial score (nSPS) is 9.75. The van der Waals surface area contributed by atoms with Crippen LogP contribution in [0.15, 0.2) is 11.6 Å². The summed E-state index contributed by atoms with van der Waals surface area (Å²) in [5.41, 5.74) is -2.14. The molecule has 0 unspecified atom stereocenters. The number of halogens is 3. The molecule has 0 fully saturated rings. The monoisotopic (exact) mass is 146 g/mol. The van der Waals surface area contributed by atoms with E-state index < -0.39 is 20.0 Å². The SMILES string of the molecule is OP(O)C(F)=C(F)F. The Labute approximate surface area is 44.2 Å². The molecule has 0 aliphatic carbocycles. The largest absolute Gasteiger partial charge is 0.345 e. The zero-order valence-corrected chi connectivity index (χ0v) is 4.37. The number of hydrogen-bond acceptors (Lipinski definition) is 2. The minimum atomic E-state index is -3.24. The van der Waals surface area contributed by atoms with E-state index >= 15 is 0 Å². The first-order valence-corrected chi connectivity index (χ1v) is 2.69. The van der Waals surface area contributed by atoms with E-state index in [0.29, 0.717) is 0 Å². The van der Waals surface area contributed by atoms with Crippen LogP contribution >= 0.6 is 8.38 Å². The van der Waals surface area contributed by atoms with Crippen LogP contribution in [0.3, 0.4) is 0 Å². The summed E-state index contributed by atoms with van der Waals surface area (Å²) in [6, 6.07) is 0. The second-order valence-corrected chi connectivity index (χ2v) is 1.81. The third kappa shape index (κ3) is 2.26. The number of hydrogen-bond donors (Lipinski definition) is 2. The predicted octanol–water partition coefficient (Wildman–Crippen LogP) is 1.32. The lowest BCUT2D eigenvalue weighted by Gasteiger charge is -1.92. The van der Waals surface area contributed by atoms with Gasteiger partial charge in [0.05, 0.1) is 0 Å². The van der Waals surface area contributed by atoms with Crippen LogP contribution in [0.1, 0.15) is 0 Å². The molecule has 0 saturated carbocycles. The average Bonchev–Trinajstić information content (AvgIpc) is 1.64. The molecule has 0 rings (SSSR count). The van der Waals surface area contributed by atoms with Crippen molar-refractivity contribution in [2.75, 3.05) is 0 Å². The van der Waals surface area contributed by atoms with Gasteiger partial charge >= 0.3 is 6.08 Å². The highest BCUT2D eigenvalue weighted by Crippen LogP contribution is 2.38. The molecule has 2 nitrogen and oxygen atoms in total. The van der Waals surface area contributed by atoms with Gasteiger partial charge in [0.25, 0.3) is 0 Å². The van der Waals surface area contributed by atoms with Crippen molar-refractivity contribution in [3.8, 4) is 0 Å². The third-order valence-electron chi connectivity index (χ3n) is 0.332. The maximum absolute atomic E-state index is 11.3. The van der Waals surface area contributed by atoms with Gasteiger partial charge in [0.15, 0.2) is 0 Å². The van der Waals surface area contributed by atoms with Crippen LogP contribution in [-0.4, -0.2) is 9.79 Å². The molecule has 0 spiro atoms. The van der Waals surface area contributed by atoms with Gasteiger partial charge in [0, 0.05) is 0 Å². The summed E-state index contributed by atoms with van der Waals surface area (Å²) in [7, 11) is -3.24. The Kier molecular flexibility index (Phi) is 2.97. The van der Waals surface area contributed by atoms with E-state index in [0.717, 1.165) is 0 Å². The summed E-state index contributed by atoms with van der Waals surface area (Å²) >= 11 is 0. The Bertz CT molecular complexity index is 108. The molecule has 2 N–H and O–H groups in total. The van der Waals surface area contributed by atoms with E-state index in [1.165, 1.54) is 0 Å². The molecular weight excluding hydrogens is 144 g/mol. The highest BCUT2D eigenvalue weighted by Gasteiger charge is 2.13. The Hall–Kier alpha value is -0.120. The molecule has 0 atom stereocenters. The molecule has 0 aromatic carbocycles. The highest BCUT2D eigenvalue weighted by atomic mass is 31.2. The summed E-state index contributed by atoms with van der Waals surface area (Å²) in [6.45, 7) is 0. The molecule has 0 aliphatic rings. The zero-order valence-electron chi connectivity index (χ0n) is 3.48. The highest BCUT2D eigenvalue weighted by molar-refractivity contribution is 7.49. The van der Waals surface area contributed by atoms with Gasteiger partial charge in [-0.3, -0.25) is 0 Å². The van der Waals surface area contributed by atoms with E-state index in [9.17, 15) is 13.2 Å². The topological polar surface area (TPSA) is 40.5 Å². The van der Waals surface area contributed by atoms with Crippen LogP contribution in [0.25, 0.3) is 0 Å². The molecule has 0 aromatic rings. The van der Waals surface area contributed by atoms with Crippen LogP contribution in [0.5, 0.6) is 0 Å². The van der Waals surface area contributed by atoms with Crippen LogP contribution in [0.2, 0.25) is 0 Å². The van der Waals surface area contributed by atoms with Crippen LogP contribution in [-0.2, 0) is 0 Å². The minimum Gasteiger partial charge on any atom is -0.345 e. The summed E-state index contributed by atoms with van der Waals surface area (Å²) in [6.07, 6.45) is -2.68. The van der Waals surface area contributed by atoms with Crippen LogP contribution in [0, 0.1) is 0 Å². The standard InChI is InChI=1S/C2H2F3O2P/c3-1(4)2(5)8(6)7/h6-7H. The lowest BCUT2D eigenvalue weighted by atomic mass is 11.1. The summed E-state index contributed by atoms with van der Waals surface area (Å²) in [5, 5.41) is 0. The van der Waals surface area contributed by atoms with Crippen molar-refractivity contribution in [2.24, 2.45) is 0 Å². The maximum Gasteiger partial charge on any atom is 0.310 e. The molecule has 0 radical (unpaired) electrons. The molecule has 6 heteroatoms. The van der Waals surface area contributed by atoms with Gasteiger partial charge < -0.3 is 9.79 Å². The van der Waals surface area contributed by atoms with E-state index in [4.69, 9.17) is 9.79 Å². The molecule has 8 heavy (non-hydrogen) atoms. The fourth-order valence-electron chi connectivity index (χ4n) is 0.0756. The van der Waals surface area contributed by atoms with Crippen LogP contribution < -0.4 is 0 Å². The first-order valence-electron chi connectivity index (χ1n) is 1.44. The van der Waals surface area contributed by atoms with Crippen LogP contribution in [0.4, 0.5) is 13.2 Å². The van der Waals surface area contributed by atoms with Gasteiger partial charge in [-0.1, -0.05) is 0 Å². The Morgan fingerprint density at radius 2 is 1.50 bits per heavy atom. The van der Waals surface area contributed by atoms with Gasteiger partial charge in [-0.25, -0.2) is 0 Å². The minimum absolute atomic E-state index is 2.14. The summed E-state index contributed by atoms with van der Waals surface area (Å²) in [5.74, 6) is 0. The maximum atomic E-state index is 11.3. The molecule has 0 aliphatic heterocycles. The second-order valence-electron chi connectivity index (χ2n) is 0.841. The van der Waals surface area contributed by atoms with Crippen molar-refractivity contribution in [2.45, 2.75) is 0 Å². The van der Waals surface area contributed by atoms with E-state index in [-0.39, 0.29) is 0 Å². The van der Waals surface area contributed by atoms with Crippen molar-refractivity contribution in [3.63, 3.8) is 0 Å². The first-order chi connectivity index (χ1) is 3.55. The first kappa shape index (κ1) is 7.88. The van der Waals surface area contributed by atoms with Gasteiger partial charge in [0.1, 0.15) is 0 Å². The molecule has 48 valence electrons. The third-order valence-corrected chi connectivity index (χ3v) is 0.852. The molecule has 0 amide bonds. The molecule has 0 bridgehead atoms. The van der Waals surface area contributed by atoms with Gasteiger partial charge in [-0.05, 0) is 0 Å². The zero-order chi connectivity index (χ0) is 6.73. The van der Waals surface area contributed by atoms with Gasteiger partial charge in [-0.2, -0.15) is 13.2 Å². The van der Waals surface area contributed by atoms with Crippen molar-refractivity contribution in [1.82, 2.24) is 0 Å². The predicted molar refractivity (Wildman–Crippen MR) is 21.7 cm³/mol. The lowest BCUT2D eigenvalue weighted by Crippen LogP contribution is -1.71. The summed E-state index contributed by atoms with van der Waals surface area (Å²) in [4.78, 5) is 15.4. The Morgan fingerprint density at radius 3 is 1.50 bits per heavy atom. The van der Waals surface area contributed by atoms with Crippen molar-refractivity contribution < 1.29 is 23.0 Å².